The van der Waals surface area contributed by atoms with E-state index >= 15 is 0 Å². The molecule has 0 unspecified atom stereocenters. The van der Waals surface area contributed by atoms with Gasteiger partial charge in [0.1, 0.15) is 23.4 Å². The number of anilines is 1. The van der Waals surface area contributed by atoms with E-state index in [0.717, 1.165) is 12.8 Å². The van der Waals surface area contributed by atoms with Crippen molar-refractivity contribution in [3.8, 4) is 11.3 Å². The molecule has 1 N–H and O–H groups in total. The number of aliphatic hydroxyl groups is 1. The predicted octanol–water partition coefficient (Wildman–Crippen LogP) is 4.31. The Kier molecular flexibility index (Phi) is 6.46. The molecule has 8 heteroatoms. The van der Waals surface area contributed by atoms with Gasteiger partial charge in [-0.2, -0.15) is 0 Å². The number of methoxy groups -OCH3 is 2. The Bertz CT molecular complexity index is 1160. The lowest BCUT2D eigenvalue weighted by Gasteiger charge is -2.35. The fourth-order valence-electron chi connectivity index (χ4n) is 4.30. The highest BCUT2D eigenvalue weighted by molar-refractivity contribution is 6.09. The molecule has 0 fully saturated rings. The fraction of sp³-hybridized carbons (Fsp3) is 0.320. The summed E-state index contributed by atoms with van der Waals surface area (Å²) < 4.78 is 15.9. The zero-order chi connectivity index (χ0) is 23.5. The van der Waals surface area contributed by atoms with E-state index in [2.05, 4.69) is 11.9 Å². The molecule has 172 valence electrons. The third kappa shape index (κ3) is 3.87. The summed E-state index contributed by atoms with van der Waals surface area (Å²) in [5.74, 6) is -1.44. The largest absolute Gasteiger partial charge is 0.465 e. The Balaban J connectivity index is 2.09. The second-order valence-corrected chi connectivity index (χ2v) is 7.75. The molecule has 0 saturated heterocycles. The summed E-state index contributed by atoms with van der Waals surface area (Å²) in [7, 11) is 2.47. The minimum atomic E-state index is -0.970. The maximum absolute atomic E-state index is 13.0. The van der Waals surface area contributed by atoms with Crippen molar-refractivity contribution in [3.63, 3.8) is 0 Å². The van der Waals surface area contributed by atoms with Crippen molar-refractivity contribution < 1.29 is 28.6 Å². The second kappa shape index (κ2) is 9.46. The van der Waals surface area contributed by atoms with E-state index in [1.807, 2.05) is 29.2 Å². The van der Waals surface area contributed by atoms with Crippen LogP contribution < -0.4 is 4.90 Å². The number of unbranched alkanes of at least 4 members (excludes halogenated alkanes) is 1. The van der Waals surface area contributed by atoms with Crippen LogP contribution in [0.2, 0.25) is 0 Å². The number of pyridine rings is 1. The van der Waals surface area contributed by atoms with Crippen LogP contribution in [-0.4, -0.2) is 42.8 Å². The average molecular weight is 450 g/mol. The van der Waals surface area contributed by atoms with Crippen LogP contribution >= 0.6 is 0 Å². The van der Waals surface area contributed by atoms with E-state index in [4.69, 9.17) is 13.9 Å². The summed E-state index contributed by atoms with van der Waals surface area (Å²) in [5, 5.41) is 11.6. The molecule has 4 rings (SSSR count). The Hall–Kier alpha value is -3.65. The van der Waals surface area contributed by atoms with Gasteiger partial charge in [0, 0.05) is 18.3 Å². The first-order chi connectivity index (χ1) is 16.0. The van der Waals surface area contributed by atoms with E-state index < -0.39 is 24.1 Å². The van der Waals surface area contributed by atoms with Gasteiger partial charge in [0.25, 0.3) is 0 Å². The molecule has 33 heavy (non-hydrogen) atoms. The number of hydrogen-bond donors (Lipinski definition) is 1. The van der Waals surface area contributed by atoms with E-state index in [9.17, 15) is 14.7 Å². The van der Waals surface area contributed by atoms with Gasteiger partial charge in [-0.3, -0.25) is 4.98 Å². The topological polar surface area (TPSA) is 102 Å². The summed E-state index contributed by atoms with van der Waals surface area (Å²) in [6, 6.07) is 12.1. The number of rotatable bonds is 6. The number of aliphatic hydroxyl groups excluding tert-OH is 1. The molecule has 2 atom stereocenters. The van der Waals surface area contributed by atoms with Gasteiger partial charge in [-0.25, -0.2) is 9.59 Å². The minimum absolute atomic E-state index is 0.0275. The smallest absolute Gasteiger partial charge is 0.374 e. The van der Waals surface area contributed by atoms with Gasteiger partial charge in [-0.05, 0) is 24.1 Å². The Labute approximate surface area is 191 Å². The molecule has 0 spiro atoms. The van der Waals surface area contributed by atoms with Gasteiger partial charge >= 0.3 is 11.9 Å². The number of carbonyl (C=O) groups excluding carboxylic acids is 2. The van der Waals surface area contributed by atoms with Crippen LogP contribution in [0.4, 0.5) is 5.69 Å². The van der Waals surface area contributed by atoms with Crippen molar-refractivity contribution in [2.75, 3.05) is 25.7 Å². The molecule has 0 amide bonds. The normalized spacial score (nSPS) is 17.0. The highest BCUT2D eigenvalue weighted by Crippen LogP contribution is 2.51. The molecule has 0 aliphatic carbocycles. The zero-order valence-corrected chi connectivity index (χ0v) is 18.8. The Morgan fingerprint density at radius 1 is 1.09 bits per heavy atom. The molecule has 0 bridgehead atoms. The summed E-state index contributed by atoms with van der Waals surface area (Å²) >= 11 is 0. The monoisotopic (exact) mass is 450 g/mol. The van der Waals surface area contributed by atoms with Crippen molar-refractivity contribution >= 4 is 17.6 Å². The molecule has 0 radical (unpaired) electrons. The van der Waals surface area contributed by atoms with Gasteiger partial charge in [-0.15, -0.1) is 0 Å². The van der Waals surface area contributed by atoms with Gasteiger partial charge in [-0.1, -0.05) is 43.7 Å². The highest BCUT2D eigenvalue weighted by Gasteiger charge is 2.43. The molecular weight excluding hydrogens is 424 g/mol. The number of furan rings is 1. The van der Waals surface area contributed by atoms with Crippen LogP contribution in [0, 0.1) is 0 Å². The third-order valence-electron chi connectivity index (χ3n) is 5.83. The van der Waals surface area contributed by atoms with Crippen molar-refractivity contribution in [3.05, 3.63) is 71.2 Å². The first-order valence-corrected chi connectivity index (χ1v) is 10.8. The Morgan fingerprint density at radius 2 is 1.82 bits per heavy atom. The number of hydrogen-bond acceptors (Lipinski definition) is 8. The highest BCUT2D eigenvalue weighted by atomic mass is 16.5. The molecule has 1 aliphatic heterocycles. The summed E-state index contributed by atoms with van der Waals surface area (Å²) in [4.78, 5) is 32.0. The molecule has 1 aromatic carbocycles. The SMILES string of the molecule is CCCCN1c2c(oc(C(=O)OC)c2C(=O)OC)-c2ccccc2[C@H](O)[C@H]1c1ccccn1. The van der Waals surface area contributed by atoms with E-state index in [-0.39, 0.29) is 11.3 Å². The fourth-order valence-corrected chi connectivity index (χ4v) is 4.30. The molecular formula is C25H26N2O6. The van der Waals surface area contributed by atoms with Crippen LogP contribution in [0.25, 0.3) is 11.3 Å². The van der Waals surface area contributed by atoms with E-state index in [0.29, 0.717) is 34.8 Å². The first-order valence-electron chi connectivity index (χ1n) is 10.8. The maximum Gasteiger partial charge on any atom is 0.374 e. The van der Waals surface area contributed by atoms with Gasteiger partial charge in [0.05, 0.1) is 19.9 Å². The number of carbonyl (C=O) groups is 2. The number of esters is 2. The quantitative estimate of drug-likeness (QED) is 0.555. The van der Waals surface area contributed by atoms with E-state index in [1.165, 1.54) is 14.2 Å². The molecule has 8 nitrogen and oxygen atoms in total. The molecule has 3 heterocycles. The third-order valence-corrected chi connectivity index (χ3v) is 5.83. The lowest BCUT2D eigenvalue weighted by Crippen LogP contribution is -2.34. The number of ether oxygens (including phenoxy) is 2. The van der Waals surface area contributed by atoms with Crippen LogP contribution in [0.15, 0.2) is 53.1 Å². The van der Waals surface area contributed by atoms with E-state index in [1.54, 1.807) is 24.4 Å². The lowest BCUT2D eigenvalue weighted by atomic mass is 9.95. The molecule has 1 aliphatic rings. The Morgan fingerprint density at radius 3 is 2.48 bits per heavy atom. The second-order valence-electron chi connectivity index (χ2n) is 7.75. The van der Waals surface area contributed by atoms with Crippen molar-refractivity contribution in [1.82, 2.24) is 4.98 Å². The van der Waals surface area contributed by atoms with Crippen LogP contribution in [-0.2, 0) is 9.47 Å². The summed E-state index contributed by atoms with van der Waals surface area (Å²) in [5.41, 5.74) is 2.17. The van der Waals surface area contributed by atoms with Gasteiger partial charge in [0.2, 0.25) is 5.76 Å². The number of aromatic nitrogens is 1. The standard InChI is InChI=1S/C25H26N2O6/c1-4-5-14-27-19(17-12-8-9-13-26-17)21(28)15-10-6-7-11-16(15)22-20(27)18(24(29)31-2)23(33-22)25(30)32-3/h6-13,19,21,28H,4-5,14H2,1-3H3/t19-,21+/m1/s1. The van der Waals surface area contributed by atoms with Crippen LogP contribution in [0.3, 0.4) is 0 Å². The number of nitrogens with zero attached hydrogens (tertiary/aromatic N) is 2. The number of fused-ring (bicyclic) bond motifs is 3. The average Bonchev–Trinajstić information content (AvgIpc) is 3.22. The van der Waals surface area contributed by atoms with Gasteiger partial charge < -0.3 is 23.9 Å². The first kappa shape index (κ1) is 22.5. The van der Waals surface area contributed by atoms with Crippen molar-refractivity contribution in [2.45, 2.75) is 31.9 Å². The summed E-state index contributed by atoms with van der Waals surface area (Å²) in [6.07, 6.45) is 2.33. The molecule has 2 aromatic heterocycles. The maximum atomic E-state index is 13.0. The van der Waals surface area contributed by atoms with Crippen LogP contribution in [0.5, 0.6) is 0 Å². The lowest BCUT2D eigenvalue weighted by molar-refractivity contribution is 0.0529. The van der Waals surface area contributed by atoms with Gasteiger partial charge in [0.15, 0.2) is 5.76 Å². The summed E-state index contributed by atoms with van der Waals surface area (Å²) in [6.45, 7) is 2.54. The predicted molar refractivity (Wildman–Crippen MR) is 121 cm³/mol. The minimum Gasteiger partial charge on any atom is -0.465 e. The molecule has 3 aromatic rings. The van der Waals surface area contributed by atoms with Crippen molar-refractivity contribution in [1.29, 1.82) is 0 Å². The zero-order valence-electron chi connectivity index (χ0n) is 18.8. The van der Waals surface area contributed by atoms with Crippen LogP contribution in [0.1, 0.15) is 64.1 Å². The number of benzene rings is 1. The molecule has 0 saturated carbocycles. The van der Waals surface area contributed by atoms with Crippen molar-refractivity contribution in [2.24, 2.45) is 0 Å².